The number of hydrogen-bond donors (Lipinski definition) is 0. The van der Waals surface area contributed by atoms with Gasteiger partial charge in [-0.25, -0.2) is 17.2 Å². The molecule has 3 nitrogen and oxygen atoms in total. The van der Waals surface area contributed by atoms with Crippen LogP contribution >= 0.6 is 0 Å². The summed E-state index contributed by atoms with van der Waals surface area (Å²) in [6, 6.07) is 5.16. The first-order chi connectivity index (χ1) is 8.72. The highest BCUT2D eigenvalue weighted by Crippen LogP contribution is 2.31. The molecule has 0 unspecified atom stereocenters. The van der Waals surface area contributed by atoms with Gasteiger partial charge in [0.1, 0.15) is 0 Å². The molecule has 19 heavy (non-hydrogen) atoms. The first-order valence-corrected chi connectivity index (χ1v) is 7.62. The molecule has 0 N–H and O–H groups in total. The van der Waals surface area contributed by atoms with Crippen LogP contribution in [0.4, 0.5) is 8.78 Å². The third-order valence-electron chi connectivity index (χ3n) is 3.42. The molecule has 0 amide bonds. The van der Waals surface area contributed by atoms with Crippen molar-refractivity contribution in [2.45, 2.75) is 37.5 Å². The summed E-state index contributed by atoms with van der Waals surface area (Å²) in [4.78, 5) is 0.220. The number of benzene rings is 1. The quantitative estimate of drug-likeness (QED) is 0.839. The molecule has 1 fully saturated rings. The Labute approximate surface area is 112 Å². The highest BCUT2D eigenvalue weighted by Gasteiger charge is 2.38. The third kappa shape index (κ3) is 2.95. The molecule has 0 aliphatic carbocycles. The van der Waals surface area contributed by atoms with Crippen LogP contribution < -0.4 is 0 Å². The van der Waals surface area contributed by atoms with Gasteiger partial charge in [0.05, 0.1) is 4.90 Å². The normalized spacial score (nSPS) is 20.4. The van der Waals surface area contributed by atoms with Gasteiger partial charge >= 0.3 is 0 Å². The predicted octanol–water partition coefficient (Wildman–Crippen LogP) is 2.72. The topological polar surface area (TPSA) is 37.4 Å². The molecule has 0 saturated carbocycles. The smallest absolute Gasteiger partial charge is 0.207 e. The molecular weight excluding hydrogens is 272 g/mol. The van der Waals surface area contributed by atoms with Gasteiger partial charge in [0.15, 0.2) is 0 Å². The number of aryl methyl sites for hydroxylation is 2. The number of alkyl halides is 2. The Morgan fingerprint density at radius 1 is 1.16 bits per heavy atom. The Bertz CT molecular complexity index is 574. The van der Waals surface area contributed by atoms with Crippen molar-refractivity contribution in [2.75, 3.05) is 13.1 Å². The van der Waals surface area contributed by atoms with Crippen molar-refractivity contribution in [2.24, 2.45) is 0 Å². The maximum Gasteiger partial charge on any atom is 0.250 e. The molecule has 0 atom stereocenters. The Morgan fingerprint density at radius 2 is 1.74 bits per heavy atom. The van der Waals surface area contributed by atoms with Crippen LogP contribution in [0.25, 0.3) is 0 Å². The summed E-state index contributed by atoms with van der Waals surface area (Å²) in [7, 11) is -3.67. The van der Waals surface area contributed by atoms with Gasteiger partial charge in [-0.05, 0) is 31.0 Å². The van der Waals surface area contributed by atoms with E-state index in [1.807, 2.05) is 13.0 Å². The van der Waals surface area contributed by atoms with Crippen LogP contribution in [0, 0.1) is 13.8 Å². The lowest BCUT2D eigenvalue weighted by Gasteiger charge is -2.31. The second kappa shape index (κ2) is 4.83. The fourth-order valence-corrected chi connectivity index (χ4v) is 3.93. The van der Waals surface area contributed by atoms with Gasteiger partial charge < -0.3 is 0 Å². The first kappa shape index (κ1) is 14.4. The molecule has 0 bridgehead atoms. The molecule has 1 aliphatic heterocycles. The zero-order chi connectivity index (χ0) is 14.3. The monoisotopic (exact) mass is 289 g/mol. The number of piperidine rings is 1. The van der Waals surface area contributed by atoms with Gasteiger partial charge in [-0.2, -0.15) is 4.31 Å². The van der Waals surface area contributed by atoms with Crippen LogP contribution in [0.15, 0.2) is 23.1 Å². The van der Waals surface area contributed by atoms with E-state index in [0.29, 0.717) is 5.56 Å². The highest BCUT2D eigenvalue weighted by molar-refractivity contribution is 7.89. The fourth-order valence-electron chi connectivity index (χ4n) is 2.18. The average molecular weight is 289 g/mol. The predicted molar refractivity (Wildman–Crippen MR) is 68.9 cm³/mol. The van der Waals surface area contributed by atoms with Gasteiger partial charge in [-0.15, -0.1) is 0 Å². The fraction of sp³-hybridized carbons (Fsp3) is 0.538. The SMILES string of the molecule is Cc1ccc(C)c(S(=O)(=O)N2CCC(F)(F)CC2)c1. The van der Waals surface area contributed by atoms with Crippen molar-refractivity contribution in [3.05, 3.63) is 29.3 Å². The molecule has 0 aromatic heterocycles. The van der Waals surface area contributed by atoms with E-state index in [1.165, 1.54) is 0 Å². The minimum absolute atomic E-state index is 0.122. The lowest BCUT2D eigenvalue weighted by Crippen LogP contribution is -2.42. The van der Waals surface area contributed by atoms with Crippen molar-refractivity contribution < 1.29 is 17.2 Å². The lowest BCUT2D eigenvalue weighted by atomic mass is 10.1. The molecule has 1 saturated heterocycles. The summed E-state index contributed by atoms with van der Waals surface area (Å²) in [5.74, 6) is -2.74. The van der Waals surface area contributed by atoms with Crippen LogP contribution in [0.2, 0.25) is 0 Å². The standard InChI is InChI=1S/C13H17F2NO2S/c1-10-3-4-11(2)12(9-10)19(17,18)16-7-5-13(14,15)6-8-16/h3-4,9H,5-8H2,1-2H3. The Balaban J connectivity index is 2.31. The van der Waals surface area contributed by atoms with E-state index < -0.39 is 28.8 Å². The van der Waals surface area contributed by atoms with Gasteiger partial charge in [0.2, 0.25) is 10.0 Å². The van der Waals surface area contributed by atoms with Crippen molar-refractivity contribution in [3.8, 4) is 0 Å². The van der Waals surface area contributed by atoms with Crippen LogP contribution in [0.5, 0.6) is 0 Å². The van der Waals surface area contributed by atoms with Crippen molar-refractivity contribution in [1.82, 2.24) is 4.31 Å². The van der Waals surface area contributed by atoms with Gasteiger partial charge in [-0.1, -0.05) is 12.1 Å². The Kier molecular flexibility index (Phi) is 3.66. The number of hydrogen-bond acceptors (Lipinski definition) is 2. The van der Waals surface area contributed by atoms with Crippen molar-refractivity contribution >= 4 is 10.0 Å². The van der Waals surface area contributed by atoms with E-state index in [1.54, 1.807) is 19.1 Å². The number of nitrogens with zero attached hydrogens (tertiary/aromatic N) is 1. The van der Waals surface area contributed by atoms with E-state index in [9.17, 15) is 17.2 Å². The summed E-state index contributed by atoms with van der Waals surface area (Å²) in [6.45, 7) is 3.28. The average Bonchev–Trinajstić information content (AvgIpc) is 2.31. The maximum absolute atomic E-state index is 13.1. The highest BCUT2D eigenvalue weighted by atomic mass is 32.2. The molecule has 1 heterocycles. The van der Waals surface area contributed by atoms with Crippen LogP contribution in [0.3, 0.4) is 0 Å². The second-order valence-corrected chi connectivity index (χ2v) is 6.94. The van der Waals surface area contributed by atoms with Crippen LogP contribution in [-0.4, -0.2) is 31.7 Å². The molecule has 1 aromatic carbocycles. The summed E-state index contributed by atoms with van der Waals surface area (Å²) in [6.07, 6.45) is -0.811. The number of sulfonamides is 1. The van der Waals surface area contributed by atoms with Crippen molar-refractivity contribution in [1.29, 1.82) is 0 Å². The summed E-state index contributed by atoms with van der Waals surface area (Å²) in [5.41, 5.74) is 1.48. The minimum atomic E-state index is -3.67. The molecule has 0 spiro atoms. The molecule has 1 aliphatic rings. The van der Waals surface area contributed by atoms with Gasteiger partial charge in [-0.3, -0.25) is 0 Å². The zero-order valence-corrected chi connectivity index (χ0v) is 11.8. The molecule has 6 heteroatoms. The molecule has 1 aromatic rings. The van der Waals surface area contributed by atoms with E-state index in [2.05, 4.69) is 0 Å². The van der Waals surface area contributed by atoms with Crippen LogP contribution in [-0.2, 0) is 10.0 Å². The zero-order valence-electron chi connectivity index (χ0n) is 11.0. The minimum Gasteiger partial charge on any atom is -0.207 e. The van der Waals surface area contributed by atoms with E-state index in [4.69, 9.17) is 0 Å². The first-order valence-electron chi connectivity index (χ1n) is 6.18. The third-order valence-corrected chi connectivity index (χ3v) is 5.46. The van der Waals surface area contributed by atoms with E-state index in [0.717, 1.165) is 9.87 Å². The Morgan fingerprint density at radius 3 is 2.32 bits per heavy atom. The summed E-state index contributed by atoms with van der Waals surface area (Å²) in [5, 5.41) is 0. The van der Waals surface area contributed by atoms with Crippen molar-refractivity contribution in [3.63, 3.8) is 0 Å². The largest absolute Gasteiger partial charge is 0.250 e. The molecule has 2 rings (SSSR count). The maximum atomic E-state index is 13.1. The van der Waals surface area contributed by atoms with Gasteiger partial charge in [0.25, 0.3) is 5.92 Å². The van der Waals surface area contributed by atoms with E-state index in [-0.39, 0.29) is 18.0 Å². The number of halogens is 2. The van der Waals surface area contributed by atoms with Crippen LogP contribution in [0.1, 0.15) is 24.0 Å². The second-order valence-electron chi connectivity index (χ2n) is 5.03. The summed E-state index contributed by atoms with van der Waals surface area (Å²) < 4.78 is 52.2. The Hall–Kier alpha value is -1.01. The summed E-state index contributed by atoms with van der Waals surface area (Å²) >= 11 is 0. The lowest BCUT2D eigenvalue weighted by molar-refractivity contribution is -0.0412. The molecule has 106 valence electrons. The number of rotatable bonds is 2. The molecule has 0 radical (unpaired) electrons. The molecular formula is C13H17F2NO2S. The van der Waals surface area contributed by atoms with E-state index >= 15 is 0 Å². The van der Waals surface area contributed by atoms with Gasteiger partial charge in [0, 0.05) is 25.9 Å².